The Balaban J connectivity index is 2.13. The van der Waals surface area contributed by atoms with Gasteiger partial charge in [-0.05, 0) is 17.7 Å². The predicted molar refractivity (Wildman–Crippen MR) is 72.8 cm³/mol. The first-order chi connectivity index (χ1) is 9.08. The number of carboxylic acids is 1. The second-order valence-electron chi connectivity index (χ2n) is 3.69. The maximum absolute atomic E-state index is 11.4. The molecule has 0 aliphatic heterocycles. The fourth-order valence-electron chi connectivity index (χ4n) is 1.29. The molecular weight excluding hydrogens is 316 g/mol. The van der Waals surface area contributed by atoms with Crippen LogP contribution in [0, 0.1) is 0 Å². The smallest absolute Gasteiger partial charge is 0.329 e. The monoisotopic (exact) mass is 330 g/mol. The number of nitrogens with one attached hydrogen (secondary N) is 2. The van der Waals surface area contributed by atoms with Crippen LogP contribution in [-0.4, -0.2) is 36.9 Å². The van der Waals surface area contributed by atoms with Crippen molar-refractivity contribution in [2.24, 2.45) is 0 Å². The van der Waals surface area contributed by atoms with Gasteiger partial charge in [0.05, 0.1) is 6.61 Å². The molecule has 0 fully saturated rings. The molecule has 0 bridgehead atoms. The van der Waals surface area contributed by atoms with Crippen molar-refractivity contribution in [2.45, 2.75) is 6.54 Å². The molecule has 1 aromatic rings. The Morgan fingerprint density at radius 3 is 2.79 bits per heavy atom. The zero-order valence-electron chi connectivity index (χ0n) is 10.2. The molecule has 0 radical (unpaired) electrons. The number of rotatable bonds is 7. The SMILES string of the molecule is O=C(O)COCCNC(=O)NCc1cccc(Br)c1. The van der Waals surface area contributed by atoms with Gasteiger partial charge >= 0.3 is 12.0 Å². The summed E-state index contributed by atoms with van der Waals surface area (Å²) in [5, 5.41) is 13.6. The maximum atomic E-state index is 11.4. The van der Waals surface area contributed by atoms with Gasteiger partial charge in [0.25, 0.3) is 0 Å². The highest BCUT2D eigenvalue weighted by atomic mass is 79.9. The van der Waals surface area contributed by atoms with Crippen molar-refractivity contribution in [3.63, 3.8) is 0 Å². The van der Waals surface area contributed by atoms with Gasteiger partial charge in [-0.2, -0.15) is 0 Å². The van der Waals surface area contributed by atoms with E-state index in [9.17, 15) is 9.59 Å². The Morgan fingerprint density at radius 2 is 2.11 bits per heavy atom. The number of urea groups is 1. The van der Waals surface area contributed by atoms with E-state index in [1.807, 2.05) is 24.3 Å². The van der Waals surface area contributed by atoms with Crippen LogP contribution in [0.3, 0.4) is 0 Å². The third-order valence-electron chi connectivity index (χ3n) is 2.10. The van der Waals surface area contributed by atoms with Crippen molar-refractivity contribution in [1.82, 2.24) is 10.6 Å². The number of hydrogen-bond acceptors (Lipinski definition) is 3. The van der Waals surface area contributed by atoms with Crippen molar-refractivity contribution in [2.75, 3.05) is 19.8 Å². The first kappa shape index (κ1) is 15.5. The van der Waals surface area contributed by atoms with Gasteiger partial charge in [0, 0.05) is 17.6 Å². The standard InChI is InChI=1S/C12H15BrN2O4/c13-10-3-1-2-9(6-10)7-15-12(18)14-4-5-19-8-11(16)17/h1-3,6H,4-5,7-8H2,(H,16,17)(H2,14,15,18). The Labute approximate surface area is 119 Å². The Hall–Kier alpha value is -1.60. The lowest BCUT2D eigenvalue weighted by molar-refractivity contribution is -0.142. The summed E-state index contributed by atoms with van der Waals surface area (Å²) in [6, 6.07) is 7.29. The summed E-state index contributed by atoms with van der Waals surface area (Å²) in [6.45, 7) is 0.483. The summed E-state index contributed by atoms with van der Waals surface area (Å²) in [5.74, 6) is -1.03. The van der Waals surface area contributed by atoms with Gasteiger partial charge in [0.15, 0.2) is 0 Å². The molecule has 3 N–H and O–H groups in total. The number of carboxylic acid groups (broad SMARTS) is 1. The highest BCUT2D eigenvalue weighted by Crippen LogP contribution is 2.11. The molecule has 1 aromatic carbocycles. The third-order valence-corrected chi connectivity index (χ3v) is 2.59. The van der Waals surface area contributed by atoms with Crippen LogP contribution in [0.25, 0.3) is 0 Å². The van der Waals surface area contributed by atoms with Gasteiger partial charge in [0.2, 0.25) is 0 Å². The molecule has 1 rings (SSSR count). The van der Waals surface area contributed by atoms with Crippen LogP contribution < -0.4 is 10.6 Å². The number of halogens is 1. The van der Waals surface area contributed by atoms with Crippen molar-refractivity contribution in [1.29, 1.82) is 0 Å². The van der Waals surface area contributed by atoms with E-state index >= 15 is 0 Å². The number of carbonyl (C=O) groups excluding carboxylic acids is 1. The number of hydrogen-bond donors (Lipinski definition) is 3. The second-order valence-corrected chi connectivity index (χ2v) is 4.60. The molecule has 0 saturated heterocycles. The van der Waals surface area contributed by atoms with Crippen molar-refractivity contribution in [3.8, 4) is 0 Å². The van der Waals surface area contributed by atoms with Crippen LogP contribution in [0.1, 0.15) is 5.56 Å². The lowest BCUT2D eigenvalue weighted by Gasteiger charge is -2.08. The average molecular weight is 331 g/mol. The van der Waals surface area contributed by atoms with E-state index in [2.05, 4.69) is 26.6 Å². The van der Waals surface area contributed by atoms with E-state index in [1.54, 1.807) is 0 Å². The first-order valence-electron chi connectivity index (χ1n) is 5.63. The Bertz CT molecular complexity index is 439. The Kier molecular flexibility index (Phi) is 6.91. The van der Waals surface area contributed by atoms with Crippen molar-refractivity contribution < 1.29 is 19.4 Å². The zero-order chi connectivity index (χ0) is 14.1. The lowest BCUT2D eigenvalue weighted by atomic mass is 10.2. The molecule has 0 atom stereocenters. The molecule has 0 spiro atoms. The van der Waals surface area contributed by atoms with E-state index in [0.717, 1.165) is 10.0 Å². The molecule has 7 heteroatoms. The molecule has 19 heavy (non-hydrogen) atoms. The molecule has 0 heterocycles. The van der Waals surface area contributed by atoms with Gasteiger partial charge in [-0.25, -0.2) is 9.59 Å². The largest absolute Gasteiger partial charge is 0.480 e. The van der Waals surface area contributed by atoms with Gasteiger partial charge in [-0.3, -0.25) is 0 Å². The molecule has 0 aromatic heterocycles. The summed E-state index contributed by atoms with van der Waals surface area (Å²) in [6.07, 6.45) is 0. The third kappa shape index (κ3) is 7.43. The highest BCUT2D eigenvalue weighted by molar-refractivity contribution is 9.10. The van der Waals surface area contributed by atoms with E-state index in [-0.39, 0.29) is 25.8 Å². The minimum atomic E-state index is -1.03. The van der Waals surface area contributed by atoms with Crippen LogP contribution in [0.2, 0.25) is 0 Å². The highest BCUT2D eigenvalue weighted by Gasteiger charge is 2.01. The van der Waals surface area contributed by atoms with Crippen LogP contribution in [0.4, 0.5) is 4.79 Å². The van der Waals surface area contributed by atoms with Gasteiger partial charge in [0.1, 0.15) is 6.61 Å². The van der Waals surface area contributed by atoms with E-state index < -0.39 is 5.97 Å². The number of amides is 2. The van der Waals surface area contributed by atoms with Crippen LogP contribution >= 0.6 is 15.9 Å². The predicted octanol–water partition coefficient (Wildman–Crippen LogP) is 1.35. The number of carbonyl (C=O) groups is 2. The van der Waals surface area contributed by atoms with Crippen LogP contribution in [0.15, 0.2) is 28.7 Å². The van der Waals surface area contributed by atoms with Gasteiger partial charge in [-0.1, -0.05) is 28.1 Å². The van der Waals surface area contributed by atoms with Crippen molar-refractivity contribution >= 4 is 27.9 Å². The van der Waals surface area contributed by atoms with E-state index in [0.29, 0.717) is 6.54 Å². The van der Waals surface area contributed by atoms with E-state index in [4.69, 9.17) is 9.84 Å². The first-order valence-corrected chi connectivity index (χ1v) is 6.43. The molecular formula is C12H15BrN2O4. The average Bonchev–Trinajstić information content (AvgIpc) is 2.35. The summed E-state index contributed by atoms with van der Waals surface area (Å²) in [7, 11) is 0. The summed E-state index contributed by atoms with van der Waals surface area (Å²) >= 11 is 3.35. The summed E-state index contributed by atoms with van der Waals surface area (Å²) < 4.78 is 5.73. The zero-order valence-corrected chi connectivity index (χ0v) is 11.8. The quantitative estimate of drug-likeness (QED) is 0.658. The summed E-state index contributed by atoms with van der Waals surface area (Å²) in [5.41, 5.74) is 0.978. The van der Waals surface area contributed by atoms with Crippen molar-refractivity contribution in [3.05, 3.63) is 34.3 Å². The fourth-order valence-corrected chi connectivity index (χ4v) is 1.73. The van der Waals surface area contributed by atoms with Crippen LogP contribution in [0.5, 0.6) is 0 Å². The summed E-state index contributed by atoms with van der Waals surface area (Å²) in [4.78, 5) is 21.5. The molecule has 2 amide bonds. The molecule has 0 aliphatic carbocycles. The molecule has 0 aliphatic rings. The maximum Gasteiger partial charge on any atom is 0.329 e. The topological polar surface area (TPSA) is 87.7 Å². The number of ether oxygens (including phenoxy) is 1. The molecule has 104 valence electrons. The number of benzene rings is 1. The van der Waals surface area contributed by atoms with E-state index in [1.165, 1.54) is 0 Å². The molecule has 0 unspecified atom stereocenters. The minimum Gasteiger partial charge on any atom is -0.480 e. The van der Waals surface area contributed by atoms with Gasteiger partial charge in [-0.15, -0.1) is 0 Å². The number of aliphatic carboxylic acids is 1. The van der Waals surface area contributed by atoms with Gasteiger partial charge < -0.3 is 20.5 Å². The minimum absolute atomic E-state index is 0.163. The lowest BCUT2D eigenvalue weighted by Crippen LogP contribution is -2.37. The normalized spacial score (nSPS) is 9.95. The second kappa shape index (κ2) is 8.49. The fraction of sp³-hybridized carbons (Fsp3) is 0.333. The van der Waals surface area contributed by atoms with Crippen LogP contribution in [-0.2, 0) is 16.1 Å². The molecule has 6 nitrogen and oxygen atoms in total. The molecule has 0 saturated carbocycles. The Morgan fingerprint density at radius 1 is 1.32 bits per heavy atom.